The molecule has 1 atom stereocenters. The second kappa shape index (κ2) is 5.23. The third-order valence-corrected chi connectivity index (χ3v) is 5.18. The SMILES string of the molecule is CC1CS(=O)(=O)CCN1c1nc(Cl)nc(-n2cccn2)n1. The molecular weight excluding hydrogens is 316 g/mol. The predicted octanol–water partition coefficient (Wildman–Crippen LogP) is 0.334. The molecule has 0 bridgehead atoms. The Kier molecular flexibility index (Phi) is 3.54. The lowest BCUT2D eigenvalue weighted by atomic mass is 10.3. The molecule has 1 fully saturated rings. The summed E-state index contributed by atoms with van der Waals surface area (Å²) < 4.78 is 24.8. The molecule has 21 heavy (non-hydrogen) atoms. The lowest BCUT2D eigenvalue weighted by Crippen LogP contribution is -2.47. The first-order valence-electron chi connectivity index (χ1n) is 6.33. The monoisotopic (exact) mass is 328 g/mol. The normalized spacial score (nSPS) is 21.4. The van der Waals surface area contributed by atoms with Crippen LogP contribution in [0.4, 0.5) is 5.95 Å². The lowest BCUT2D eigenvalue weighted by molar-refractivity contribution is 0.564. The van der Waals surface area contributed by atoms with Crippen molar-refractivity contribution in [2.45, 2.75) is 13.0 Å². The number of rotatable bonds is 2. The highest BCUT2D eigenvalue weighted by atomic mass is 35.5. The largest absolute Gasteiger partial charge is 0.336 e. The van der Waals surface area contributed by atoms with Crippen molar-refractivity contribution in [2.24, 2.45) is 0 Å². The van der Waals surface area contributed by atoms with Crippen molar-refractivity contribution in [3.05, 3.63) is 23.7 Å². The van der Waals surface area contributed by atoms with Crippen LogP contribution in [0.5, 0.6) is 0 Å². The van der Waals surface area contributed by atoms with Crippen molar-refractivity contribution in [2.75, 3.05) is 23.0 Å². The fourth-order valence-corrected chi connectivity index (χ4v) is 3.95. The van der Waals surface area contributed by atoms with Gasteiger partial charge in [-0.2, -0.15) is 20.1 Å². The number of halogens is 1. The molecule has 1 saturated heterocycles. The highest BCUT2D eigenvalue weighted by Crippen LogP contribution is 2.19. The van der Waals surface area contributed by atoms with Crippen LogP contribution in [0.1, 0.15) is 6.92 Å². The summed E-state index contributed by atoms with van der Waals surface area (Å²) >= 11 is 5.94. The minimum atomic E-state index is -3.00. The minimum absolute atomic E-state index is 0.0473. The first-order chi connectivity index (χ1) is 9.94. The molecule has 0 amide bonds. The van der Waals surface area contributed by atoms with Crippen LogP contribution in [0.25, 0.3) is 5.95 Å². The summed E-state index contributed by atoms with van der Waals surface area (Å²) in [7, 11) is -3.00. The van der Waals surface area contributed by atoms with Crippen molar-refractivity contribution in [3.63, 3.8) is 0 Å². The summed E-state index contributed by atoms with van der Waals surface area (Å²) in [6.45, 7) is 2.16. The maximum Gasteiger partial charge on any atom is 0.256 e. The molecule has 0 aliphatic carbocycles. The first kappa shape index (κ1) is 14.2. The summed E-state index contributed by atoms with van der Waals surface area (Å²) in [6.07, 6.45) is 3.30. The van der Waals surface area contributed by atoms with E-state index in [4.69, 9.17) is 11.6 Å². The van der Waals surface area contributed by atoms with Crippen LogP contribution >= 0.6 is 11.6 Å². The lowest BCUT2D eigenvalue weighted by Gasteiger charge is -2.33. The first-order valence-corrected chi connectivity index (χ1v) is 8.53. The molecule has 1 unspecified atom stereocenters. The molecule has 0 radical (unpaired) electrons. The smallest absolute Gasteiger partial charge is 0.256 e. The Balaban J connectivity index is 1.96. The van der Waals surface area contributed by atoms with E-state index in [-0.39, 0.29) is 22.8 Å². The Bertz CT molecular complexity index is 748. The molecule has 1 aliphatic rings. The van der Waals surface area contributed by atoms with Crippen LogP contribution in [0.2, 0.25) is 5.28 Å². The molecule has 10 heteroatoms. The van der Waals surface area contributed by atoms with Crippen molar-refractivity contribution in [1.82, 2.24) is 24.7 Å². The molecule has 3 rings (SSSR count). The molecule has 0 N–H and O–H groups in total. The number of nitrogens with zero attached hydrogens (tertiary/aromatic N) is 6. The average molecular weight is 329 g/mol. The maximum absolute atomic E-state index is 11.6. The van der Waals surface area contributed by atoms with Crippen LogP contribution in [0.3, 0.4) is 0 Å². The maximum atomic E-state index is 11.6. The van der Waals surface area contributed by atoms with Crippen LogP contribution in [0.15, 0.2) is 18.5 Å². The van der Waals surface area contributed by atoms with Gasteiger partial charge in [-0.25, -0.2) is 13.1 Å². The molecule has 0 saturated carbocycles. The quantitative estimate of drug-likeness (QED) is 0.784. The third-order valence-electron chi connectivity index (χ3n) is 3.22. The van der Waals surface area contributed by atoms with E-state index in [1.807, 2.05) is 11.8 Å². The Morgan fingerprint density at radius 3 is 2.71 bits per heavy atom. The van der Waals surface area contributed by atoms with Gasteiger partial charge in [0.15, 0.2) is 9.84 Å². The zero-order chi connectivity index (χ0) is 15.0. The van der Waals surface area contributed by atoms with Gasteiger partial charge in [-0.1, -0.05) is 0 Å². The van der Waals surface area contributed by atoms with E-state index in [9.17, 15) is 8.42 Å². The second-order valence-corrected chi connectivity index (χ2v) is 7.38. The molecule has 112 valence electrons. The van der Waals surface area contributed by atoms with Gasteiger partial charge in [0.05, 0.1) is 11.5 Å². The Morgan fingerprint density at radius 1 is 1.29 bits per heavy atom. The van der Waals surface area contributed by atoms with E-state index in [2.05, 4.69) is 20.1 Å². The van der Waals surface area contributed by atoms with E-state index >= 15 is 0 Å². The summed E-state index contributed by atoms with van der Waals surface area (Å²) in [5, 5.41) is 4.09. The van der Waals surface area contributed by atoms with Gasteiger partial charge in [-0.05, 0) is 24.6 Å². The van der Waals surface area contributed by atoms with Crippen LogP contribution in [-0.2, 0) is 9.84 Å². The van der Waals surface area contributed by atoms with Crippen molar-refractivity contribution >= 4 is 27.4 Å². The molecule has 2 aromatic heterocycles. The summed E-state index contributed by atoms with van der Waals surface area (Å²) in [4.78, 5) is 14.3. The third kappa shape index (κ3) is 2.98. The number of hydrogen-bond donors (Lipinski definition) is 0. The highest BCUT2D eigenvalue weighted by Gasteiger charge is 2.30. The molecule has 8 nitrogen and oxygen atoms in total. The van der Waals surface area contributed by atoms with E-state index in [1.165, 1.54) is 4.68 Å². The Labute approximate surface area is 126 Å². The van der Waals surface area contributed by atoms with E-state index in [1.54, 1.807) is 18.5 Å². The van der Waals surface area contributed by atoms with Crippen LogP contribution in [-0.4, -0.2) is 57.2 Å². The van der Waals surface area contributed by atoms with Gasteiger partial charge in [-0.3, -0.25) is 0 Å². The van der Waals surface area contributed by atoms with Gasteiger partial charge in [-0.15, -0.1) is 0 Å². The molecule has 2 aromatic rings. The van der Waals surface area contributed by atoms with Crippen molar-refractivity contribution < 1.29 is 8.42 Å². The Morgan fingerprint density at radius 2 is 2.05 bits per heavy atom. The highest BCUT2D eigenvalue weighted by molar-refractivity contribution is 7.91. The van der Waals surface area contributed by atoms with E-state index < -0.39 is 9.84 Å². The van der Waals surface area contributed by atoms with Gasteiger partial charge in [0, 0.05) is 25.0 Å². The number of hydrogen-bond acceptors (Lipinski definition) is 7. The summed E-state index contributed by atoms with van der Waals surface area (Å²) in [6, 6.07) is 1.53. The minimum Gasteiger partial charge on any atom is -0.336 e. The number of anilines is 1. The van der Waals surface area contributed by atoms with Crippen molar-refractivity contribution in [3.8, 4) is 5.95 Å². The van der Waals surface area contributed by atoms with E-state index in [0.717, 1.165) is 0 Å². The van der Waals surface area contributed by atoms with Gasteiger partial charge in [0.25, 0.3) is 5.95 Å². The summed E-state index contributed by atoms with van der Waals surface area (Å²) in [5.74, 6) is 0.823. The van der Waals surface area contributed by atoms with Crippen LogP contribution in [0, 0.1) is 0 Å². The standard InChI is InChI=1S/C11H13ClN6O2S/c1-8-7-21(19,20)6-5-17(8)10-14-9(12)15-11(16-10)18-4-2-3-13-18/h2-4,8H,5-7H2,1H3. The molecule has 0 spiro atoms. The molecule has 0 aromatic carbocycles. The topological polar surface area (TPSA) is 93.9 Å². The fourth-order valence-electron chi connectivity index (χ4n) is 2.24. The predicted molar refractivity (Wildman–Crippen MR) is 77.4 cm³/mol. The Hall–Kier alpha value is -1.74. The fraction of sp³-hybridized carbons (Fsp3) is 0.455. The average Bonchev–Trinajstić information content (AvgIpc) is 2.90. The number of sulfone groups is 1. The van der Waals surface area contributed by atoms with E-state index in [0.29, 0.717) is 18.4 Å². The van der Waals surface area contributed by atoms with Gasteiger partial charge >= 0.3 is 0 Å². The van der Waals surface area contributed by atoms with Gasteiger partial charge < -0.3 is 4.90 Å². The molecule has 3 heterocycles. The summed E-state index contributed by atoms with van der Waals surface area (Å²) in [5.41, 5.74) is 0. The van der Waals surface area contributed by atoms with Gasteiger partial charge in [0.2, 0.25) is 11.2 Å². The number of aromatic nitrogens is 5. The van der Waals surface area contributed by atoms with Gasteiger partial charge in [0.1, 0.15) is 0 Å². The molecule has 1 aliphatic heterocycles. The molecular formula is C11H13ClN6O2S. The van der Waals surface area contributed by atoms with Crippen LogP contribution < -0.4 is 4.90 Å². The zero-order valence-corrected chi connectivity index (χ0v) is 12.8. The van der Waals surface area contributed by atoms with Crippen molar-refractivity contribution in [1.29, 1.82) is 0 Å². The second-order valence-electron chi connectivity index (χ2n) is 4.81. The zero-order valence-electron chi connectivity index (χ0n) is 11.2.